The lowest BCUT2D eigenvalue weighted by atomic mass is 10.2. The quantitative estimate of drug-likeness (QED) is 0.467. The highest BCUT2D eigenvalue weighted by Crippen LogP contribution is 2.23. The van der Waals surface area contributed by atoms with Crippen LogP contribution in [0.5, 0.6) is 0 Å². The Bertz CT molecular complexity index is 1120. The average molecular weight is 422 g/mol. The van der Waals surface area contributed by atoms with Gasteiger partial charge in [-0.15, -0.1) is 0 Å². The minimum absolute atomic E-state index is 0.113. The average Bonchev–Trinajstić information content (AvgIpc) is 2.75. The molecular formula is C23H23N3O3S. The van der Waals surface area contributed by atoms with Crippen LogP contribution in [0.15, 0.2) is 88.9 Å². The van der Waals surface area contributed by atoms with Crippen LogP contribution in [-0.4, -0.2) is 27.1 Å². The second-order valence-corrected chi connectivity index (χ2v) is 8.73. The molecule has 0 unspecified atom stereocenters. The maximum atomic E-state index is 13.2. The van der Waals surface area contributed by atoms with Gasteiger partial charge >= 0.3 is 0 Å². The first-order chi connectivity index (χ1) is 14.4. The van der Waals surface area contributed by atoms with Crippen LogP contribution in [0.25, 0.3) is 0 Å². The van der Waals surface area contributed by atoms with Gasteiger partial charge in [0, 0.05) is 0 Å². The highest BCUT2D eigenvalue weighted by Gasteiger charge is 2.26. The Hall–Kier alpha value is -3.45. The number of amides is 1. The molecule has 3 rings (SSSR count). The Labute approximate surface area is 176 Å². The van der Waals surface area contributed by atoms with E-state index in [1.54, 1.807) is 42.5 Å². The first-order valence-electron chi connectivity index (χ1n) is 9.39. The second kappa shape index (κ2) is 9.37. The van der Waals surface area contributed by atoms with Gasteiger partial charge in [0.2, 0.25) is 0 Å². The number of hydrazone groups is 1. The molecule has 3 aromatic carbocycles. The van der Waals surface area contributed by atoms with Crippen molar-refractivity contribution in [3.8, 4) is 0 Å². The predicted octanol–water partition coefficient (Wildman–Crippen LogP) is 3.65. The van der Waals surface area contributed by atoms with Crippen molar-refractivity contribution in [2.45, 2.75) is 18.7 Å². The number of nitrogens with one attached hydrogen (secondary N) is 1. The van der Waals surface area contributed by atoms with E-state index in [0.29, 0.717) is 5.69 Å². The molecule has 0 aliphatic carbocycles. The molecule has 0 aliphatic heterocycles. The zero-order valence-electron chi connectivity index (χ0n) is 16.8. The third kappa shape index (κ3) is 5.33. The maximum absolute atomic E-state index is 13.2. The molecule has 0 atom stereocenters. The lowest BCUT2D eigenvalue weighted by Gasteiger charge is -2.23. The third-order valence-corrected chi connectivity index (χ3v) is 6.21. The number of sulfonamides is 1. The molecule has 7 heteroatoms. The molecule has 0 fully saturated rings. The standard InChI is InChI=1S/C23H23N3O3S/c1-18-8-12-20(13-9-18)16-24-25-23(27)17-26(21-14-10-19(2)11-15-21)30(28,29)22-6-4-3-5-7-22/h3-16H,17H2,1-2H3,(H,25,27)/b24-16-. The van der Waals surface area contributed by atoms with E-state index in [2.05, 4.69) is 10.5 Å². The number of aryl methyl sites for hydroxylation is 2. The largest absolute Gasteiger partial charge is 0.271 e. The van der Waals surface area contributed by atoms with Crippen LogP contribution in [0.3, 0.4) is 0 Å². The summed E-state index contributed by atoms with van der Waals surface area (Å²) in [7, 11) is -3.92. The normalized spacial score (nSPS) is 11.4. The van der Waals surface area contributed by atoms with Crippen molar-refractivity contribution in [3.63, 3.8) is 0 Å². The molecule has 0 aliphatic rings. The van der Waals surface area contributed by atoms with Crippen molar-refractivity contribution >= 4 is 27.8 Å². The van der Waals surface area contributed by atoms with Crippen LogP contribution >= 0.6 is 0 Å². The highest BCUT2D eigenvalue weighted by atomic mass is 32.2. The van der Waals surface area contributed by atoms with Gasteiger partial charge in [0.05, 0.1) is 16.8 Å². The minimum Gasteiger partial charge on any atom is -0.271 e. The molecule has 154 valence electrons. The van der Waals surface area contributed by atoms with Crippen molar-refractivity contribution in [2.75, 3.05) is 10.8 Å². The Morgan fingerprint density at radius 3 is 2.07 bits per heavy atom. The third-order valence-electron chi connectivity index (χ3n) is 4.42. The van der Waals surface area contributed by atoms with Crippen LogP contribution in [0.4, 0.5) is 5.69 Å². The van der Waals surface area contributed by atoms with E-state index < -0.39 is 22.5 Å². The van der Waals surface area contributed by atoms with Crippen molar-refractivity contribution < 1.29 is 13.2 Å². The molecule has 0 saturated heterocycles. The van der Waals surface area contributed by atoms with E-state index >= 15 is 0 Å². The molecule has 6 nitrogen and oxygen atoms in total. The molecule has 0 aromatic heterocycles. The van der Waals surface area contributed by atoms with E-state index in [1.807, 2.05) is 38.1 Å². The summed E-state index contributed by atoms with van der Waals surface area (Å²) in [6.45, 7) is 3.49. The Balaban J connectivity index is 1.81. The lowest BCUT2D eigenvalue weighted by Crippen LogP contribution is -2.39. The van der Waals surface area contributed by atoms with Crippen molar-refractivity contribution in [3.05, 3.63) is 95.6 Å². The van der Waals surface area contributed by atoms with Gasteiger partial charge in [0.1, 0.15) is 6.54 Å². The fraction of sp³-hybridized carbons (Fsp3) is 0.130. The summed E-state index contributed by atoms with van der Waals surface area (Å²) < 4.78 is 27.5. The fourth-order valence-electron chi connectivity index (χ4n) is 2.74. The Morgan fingerprint density at radius 1 is 0.900 bits per heavy atom. The van der Waals surface area contributed by atoms with E-state index in [9.17, 15) is 13.2 Å². The molecule has 1 amide bonds. The zero-order chi connectivity index (χ0) is 21.6. The molecule has 3 aromatic rings. The fourth-order valence-corrected chi connectivity index (χ4v) is 4.18. The Morgan fingerprint density at radius 2 is 1.47 bits per heavy atom. The SMILES string of the molecule is Cc1ccc(/C=N\NC(=O)CN(c2ccc(C)cc2)S(=O)(=O)c2ccccc2)cc1. The highest BCUT2D eigenvalue weighted by molar-refractivity contribution is 7.92. The summed E-state index contributed by atoms with van der Waals surface area (Å²) in [4.78, 5) is 12.6. The maximum Gasteiger partial charge on any atom is 0.264 e. The van der Waals surface area contributed by atoms with Gasteiger partial charge in [-0.05, 0) is 43.7 Å². The second-order valence-electron chi connectivity index (χ2n) is 6.86. The monoisotopic (exact) mass is 421 g/mol. The van der Waals surface area contributed by atoms with Gasteiger partial charge in [-0.1, -0.05) is 65.7 Å². The molecule has 0 radical (unpaired) electrons. The van der Waals surface area contributed by atoms with Crippen LogP contribution < -0.4 is 9.73 Å². The number of hydrogen-bond donors (Lipinski definition) is 1. The van der Waals surface area contributed by atoms with Crippen LogP contribution in [-0.2, 0) is 14.8 Å². The minimum atomic E-state index is -3.92. The first-order valence-corrected chi connectivity index (χ1v) is 10.8. The summed E-state index contributed by atoms with van der Waals surface area (Å²) in [5.74, 6) is -0.543. The summed E-state index contributed by atoms with van der Waals surface area (Å²) in [6.07, 6.45) is 1.51. The Kier molecular flexibility index (Phi) is 6.64. The van der Waals surface area contributed by atoms with Crippen LogP contribution in [0.2, 0.25) is 0 Å². The van der Waals surface area contributed by atoms with Crippen LogP contribution in [0, 0.1) is 13.8 Å². The van der Waals surface area contributed by atoms with Crippen molar-refractivity contribution in [2.24, 2.45) is 5.10 Å². The summed E-state index contributed by atoms with van der Waals surface area (Å²) >= 11 is 0. The van der Waals surface area contributed by atoms with Crippen LogP contribution in [0.1, 0.15) is 16.7 Å². The predicted molar refractivity (Wildman–Crippen MR) is 119 cm³/mol. The van der Waals surface area contributed by atoms with Gasteiger partial charge in [-0.25, -0.2) is 13.8 Å². The van der Waals surface area contributed by atoms with E-state index in [4.69, 9.17) is 0 Å². The molecular weight excluding hydrogens is 398 g/mol. The number of anilines is 1. The molecule has 0 saturated carbocycles. The van der Waals surface area contributed by atoms with Gasteiger partial charge in [0.25, 0.3) is 15.9 Å². The number of carbonyl (C=O) groups is 1. The topological polar surface area (TPSA) is 78.8 Å². The summed E-state index contributed by atoms with van der Waals surface area (Å²) in [6, 6.07) is 22.6. The van der Waals surface area contributed by atoms with Gasteiger partial charge in [0.15, 0.2) is 0 Å². The van der Waals surface area contributed by atoms with Crippen molar-refractivity contribution in [1.29, 1.82) is 0 Å². The van der Waals surface area contributed by atoms with Gasteiger partial charge in [-0.2, -0.15) is 5.10 Å². The molecule has 1 N–H and O–H groups in total. The molecule has 30 heavy (non-hydrogen) atoms. The van der Waals surface area contributed by atoms with E-state index in [1.165, 1.54) is 18.3 Å². The first kappa shape index (κ1) is 21.3. The molecule has 0 bridgehead atoms. The van der Waals surface area contributed by atoms with E-state index in [0.717, 1.165) is 21.0 Å². The van der Waals surface area contributed by atoms with E-state index in [-0.39, 0.29) is 4.90 Å². The number of rotatable bonds is 7. The summed E-state index contributed by atoms with van der Waals surface area (Å²) in [5.41, 5.74) is 5.75. The van der Waals surface area contributed by atoms with Gasteiger partial charge in [-0.3, -0.25) is 9.10 Å². The van der Waals surface area contributed by atoms with Gasteiger partial charge < -0.3 is 0 Å². The number of hydrogen-bond acceptors (Lipinski definition) is 4. The lowest BCUT2D eigenvalue weighted by molar-refractivity contribution is -0.119. The zero-order valence-corrected chi connectivity index (χ0v) is 17.6. The smallest absolute Gasteiger partial charge is 0.264 e. The number of nitrogens with zero attached hydrogens (tertiary/aromatic N) is 2. The molecule has 0 spiro atoms. The number of carbonyl (C=O) groups excluding carboxylic acids is 1. The molecule has 0 heterocycles. The van der Waals surface area contributed by atoms with Crippen molar-refractivity contribution in [1.82, 2.24) is 5.43 Å². The number of benzene rings is 3. The summed E-state index contributed by atoms with van der Waals surface area (Å²) in [5, 5.41) is 3.94.